The van der Waals surface area contributed by atoms with Crippen molar-refractivity contribution in [2.45, 2.75) is 38.5 Å². The summed E-state index contributed by atoms with van der Waals surface area (Å²) in [5.41, 5.74) is 9.70. The van der Waals surface area contributed by atoms with Gasteiger partial charge in [-0.15, -0.1) is 0 Å². The lowest BCUT2D eigenvalue weighted by atomic mass is 9.66. The van der Waals surface area contributed by atoms with Crippen molar-refractivity contribution in [3.63, 3.8) is 0 Å². The van der Waals surface area contributed by atoms with Gasteiger partial charge in [0.2, 0.25) is 0 Å². The zero-order chi connectivity index (χ0) is 21.5. The number of carbonyl (C=O) groups is 1. The zero-order valence-corrected chi connectivity index (χ0v) is 18.4. The number of fused-ring (bicyclic) bond motifs is 6. The third-order valence-corrected chi connectivity index (χ3v) is 7.45. The molecule has 152 valence electrons. The molecule has 0 spiro atoms. The van der Waals surface area contributed by atoms with Gasteiger partial charge in [-0.3, -0.25) is 4.79 Å². The van der Waals surface area contributed by atoms with Crippen molar-refractivity contribution in [1.29, 1.82) is 0 Å². The van der Waals surface area contributed by atoms with Crippen LogP contribution in [0.5, 0.6) is 0 Å². The molecule has 0 atom stereocenters. The van der Waals surface area contributed by atoms with Gasteiger partial charge in [0.05, 0.1) is 17.1 Å². The second-order valence-corrected chi connectivity index (χ2v) is 9.86. The number of para-hydroxylation sites is 2. The predicted octanol–water partition coefficient (Wildman–Crippen LogP) is 7.40. The number of nitrogens with zero attached hydrogens (tertiary/aromatic N) is 1. The molecule has 0 fully saturated rings. The Morgan fingerprint density at radius 2 is 1.42 bits per heavy atom. The highest BCUT2D eigenvalue weighted by atomic mass is 16.1. The van der Waals surface area contributed by atoms with Crippen LogP contribution in [0.25, 0.3) is 10.8 Å². The maximum atomic E-state index is 11.4. The lowest BCUT2D eigenvalue weighted by molar-refractivity contribution is 0.112. The molecule has 6 rings (SSSR count). The first kappa shape index (κ1) is 18.4. The van der Waals surface area contributed by atoms with Crippen molar-refractivity contribution in [3.8, 4) is 0 Å². The average Bonchev–Trinajstić information content (AvgIpc) is 2.77. The van der Waals surface area contributed by atoms with Gasteiger partial charge in [-0.05, 0) is 51.2 Å². The fraction of sp³-hybridized carbons (Fsp3) is 0.207. The quantitative estimate of drug-likeness (QED) is 0.309. The third-order valence-electron chi connectivity index (χ3n) is 7.45. The molecule has 2 aliphatic heterocycles. The molecule has 0 unspecified atom stereocenters. The van der Waals surface area contributed by atoms with Crippen LogP contribution in [0.3, 0.4) is 0 Å². The molecule has 0 aromatic heterocycles. The molecule has 0 aliphatic carbocycles. The molecular formula is C29H25NO. The van der Waals surface area contributed by atoms with Crippen LogP contribution in [0.15, 0.2) is 72.8 Å². The molecule has 0 saturated heterocycles. The van der Waals surface area contributed by atoms with E-state index >= 15 is 0 Å². The Bertz CT molecular complexity index is 1410. The Labute approximate surface area is 183 Å². The van der Waals surface area contributed by atoms with Crippen LogP contribution in [0.1, 0.15) is 60.3 Å². The van der Waals surface area contributed by atoms with Crippen molar-refractivity contribution in [1.82, 2.24) is 0 Å². The lowest BCUT2D eigenvalue weighted by Crippen LogP contribution is -2.38. The van der Waals surface area contributed by atoms with E-state index in [1.54, 1.807) is 0 Å². The first-order valence-corrected chi connectivity index (χ1v) is 10.9. The first-order chi connectivity index (χ1) is 14.9. The third kappa shape index (κ3) is 2.20. The van der Waals surface area contributed by atoms with Gasteiger partial charge < -0.3 is 4.90 Å². The number of benzene rings is 4. The Morgan fingerprint density at radius 3 is 2.19 bits per heavy atom. The second-order valence-electron chi connectivity index (χ2n) is 9.86. The number of carbonyl (C=O) groups excluding carboxylic acids is 1. The Balaban J connectivity index is 1.78. The summed E-state index contributed by atoms with van der Waals surface area (Å²) in [6.45, 7) is 9.34. The summed E-state index contributed by atoms with van der Waals surface area (Å²) in [5, 5.41) is 2.33. The van der Waals surface area contributed by atoms with Gasteiger partial charge in [0.15, 0.2) is 0 Å². The van der Waals surface area contributed by atoms with Gasteiger partial charge in [0.1, 0.15) is 6.29 Å². The summed E-state index contributed by atoms with van der Waals surface area (Å²) < 4.78 is 0. The molecule has 0 bridgehead atoms. The van der Waals surface area contributed by atoms with E-state index in [1.807, 2.05) is 12.1 Å². The van der Waals surface area contributed by atoms with Gasteiger partial charge >= 0.3 is 0 Å². The summed E-state index contributed by atoms with van der Waals surface area (Å²) in [4.78, 5) is 13.8. The van der Waals surface area contributed by atoms with Crippen molar-refractivity contribution in [3.05, 3.63) is 101 Å². The van der Waals surface area contributed by atoms with Crippen molar-refractivity contribution in [2.24, 2.45) is 0 Å². The summed E-state index contributed by atoms with van der Waals surface area (Å²) in [5.74, 6) is 0. The van der Waals surface area contributed by atoms with Crippen molar-refractivity contribution < 1.29 is 4.79 Å². The van der Waals surface area contributed by atoms with Gasteiger partial charge in [-0.1, -0.05) is 82.3 Å². The standard InChI is InChI=1S/C29H25NO/c1-28(2)21-8-5-6-11-24(21)30-25-15-13-19-16-18(17-31)12-14-20(19)26(25)29(3,4)23-10-7-9-22(28)27(23)30/h5-17H,1-4H3. The maximum Gasteiger partial charge on any atom is 0.150 e. The van der Waals surface area contributed by atoms with E-state index < -0.39 is 0 Å². The highest BCUT2D eigenvalue weighted by Gasteiger charge is 2.45. The van der Waals surface area contributed by atoms with E-state index in [9.17, 15) is 4.79 Å². The summed E-state index contributed by atoms with van der Waals surface area (Å²) in [6.07, 6.45) is 0.925. The van der Waals surface area contributed by atoms with Crippen LogP contribution in [0.2, 0.25) is 0 Å². The van der Waals surface area contributed by atoms with E-state index in [4.69, 9.17) is 0 Å². The molecule has 0 N–H and O–H groups in total. The largest absolute Gasteiger partial charge is 0.309 e. The van der Waals surface area contributed by atoms with Crippen LogP contribution in [-0.4, -0.2) is 6.29 Å². The highest BCUT2D eigenvalue weighted by molar-refractivity contribution is 6.01. The highest BCUT2D eigenvalue weighted by Crippen LogP contribution is 2.60. The van der Waals surface area contributed by atoms with E-state index in [1.165, 1.54) is 44.7 Å². The number of anilines is 3. The number of aldehydes is 1. The summed E-state index contributed by atoms with van der Waals surface area (Å²) in [6, 6.07) is 26.0. The van der Waals surface area contributed by atoms with E-state index in [0.29, 0.717) is 5.56 Å². The maximum absolute atomic E-state index is 11.4. The van der Waals surface area contributed by atoms with Gasteiger partial charge in [0, 0.05) is 16.4 Å². The Morgan fingerprint density at radius 1 is 0.710 bits per heavy atom. The molecule has 2 heteroatoms. The number of hydrogen-bond donors (Lipinski definition) is 0. The second kappa shape index (κ2) is 5.85. The molecule has 0 amide bonds. The molecule has 0 radical (unpaired) electrons. The predicted molar refractivity (Wildman–Crippen MR) is 128 cm³/mol. The molecule has 4 aromatic rings. The minimum Gasteiger partial charge on any atom is -0.309 e. The van der Waals surface area contributed by atoms with Crippen LogP contribution >= 0.6 is 0 Å². The summed E-state index contributed by atoms with van der Waals surface area (Å²) in [7, 11) is 0. The van der Waals surface area contributed by atoms with Crippen LogP contribution in [0, 0.1) is 0 Å². The van der Waals surface area contributed by atoms with Crippen LogP contribution in [-0.2, 0) is 10.8 Å². The Kier molecular flexibility index (Phi) is 3.47. The zero-order valence-electron chi connectivity index (χ0n) is 18.4. The fourth-order valence-electron chi connectivity index (χ4n) is 5.89. The minimum atomic E-state index is -0.165. The van der Waals surface area contributed by atoms with Crippen molar-refractivity contribution in [2.75, 3.05) is 4.90 Å². The molecule has 2 aliphatic rings. The number of hydrogen-bond acceptors (Lipinski definition) is 2. The van der Waals surface area contributed by atoms with Crippen molar-refractivity contribution >= 4 is 34.1 Å². The molecule has 0 saturated carbocycles. The van der Waals surface area contributed by atoms with Crippen LogP contribution < -0.4 is 4.90 Å². The first-order valence-electron chi connectivity index (χ1n) is 10.9. The topological polar surface area (TPSA) is 20.3 Å². The number of rotatable bonds is 1. The molecule has 2 heterocycles. The summed E-state index contributed by atoms with van der Waals surface area (Å²) >= 11 is 0. The van der Waals surface area contributed by atoms with E-state index in [-0.39, 0.29) is 10.8 Å². The SMILES string of the molecule is CC1(C)c2ccccc2N2c3ccc4cc(C=O)ccc4c3C(C)(C)c3cccc1c32. The van der Waals surface area contributed by atoms with Gasteiger partial charge in [0.25, 0.3) is 0 Å². The van der Waals surface area contributed by atoms with Gasteiger partial charge in [-0.25, -0.2) is 0 Å². The van der Waals surface area contributed by atoms with E-state index in [2.05, 4.69) is 93.3 Å². The monoisotopic (exact) mass is 403 g/mol. The lowest BCUT2D eigenvalue weighted by Gasteiger charge is -2.49. The molecular weight excluding hydrogens is 378 g/mol. The molecule has 2 nitrogen and oxygen atoms in total. The van der Waals surface area contributed by atoms with Gasteiger partial charge in [-0.2, -0.15) is 0 Å². The fourth-order valence-corrected chi connectivity index (χ4v) is 5.89. The normalized spacial score (nSPS) is 17.0. The van der Waals surface area contributed by atoms with Crippen LogP contribution in [0.4, 0.5) is 17.1 Å². The minimum absolute atomic E-state index is 0.0677. The smallest absolute Gasteiger partial charge is 0.150 e. The molecule has 4 aromatic carbocycles. The molecule has 31 heavy (non-hydrogen) atoms. The average molecular weight is 404 g/mol. The van der Waals surface area contributed by atoms with E-state index in [0.717, 1.165) is 11.7 Å². The Hall–Kier alpha value is -3.39.